The number of fused-ring (bicyclic) bond motifs is 1. The first kappa shape index (κ1) is 10.8. The zero-order chi connectivity index (χ0) is 11.7. The van der Waals surface area contributed by atoms with Crippen LogP contribution in [0.5, 0.6) is 0 Å². The van der Waals surface area contributed by atoms with Gasteiger partial charge in [-0.3, -0.25) is 9.59 Å². The summed E-state index contributed by atoms with van der Waals surface area (Å²) < 4.78 is 0. The molecule has 0 fully saturated rings. The van der Waals surface area contributed by atoms with E-state index in [9.17, 15) is 9.59 Å². The molecule has 1 aromatic carbocycles. The fourth-order valence-corrected chi connectivity index (χ4v) is 2.15. The lowest BCUT2D eigenvalue weighted by molar-refractivity contribution is -0.112. The molecule has 0 saturated carbocycles. The van der Waals surface area contributed by atoms with Gasteiger partial charge in [-0.2, -0.15) is 0 Å². The molecule has 0 amide bonds. The summed E-state index contributed by atoms with van der Waals surface area (Å²) in [6.07, 6.45) is 1.57. The van der Waals surface area contributed by atoms with Crippen molar-refractivity contribution in [2.45, 2.75) is 26.7 Å². The van der Waals surface area contributed by atoms with Crippen LogP contribution in [-0.2, 0) is 4.79 Å². The standard InChI is InChI=1S/C14H14O2/c1-3-6-11-9(2)10-7-4-5-8-12(10)14(16)13(11)15/h4-5,7-8H,3,6H2,1-2H3. The first-order chi connectivity index (χ1) is 7.66. The summed E-state index contributed by atoms with van der Waals surface area (Å²) in [5.41, 5.74) is 3.11. The molecule has 0 saturated heterocycles. The van der Waals surface area contributed by atoms with Crippen molar-refractivity contribution in [1.82, 2.24) is 0 Å². The van der Waals surface area contributed by atoms with Crippen LogP contribution >= 0.6 is 0 Å². The molecule has 0 spiro atoms. The molecule has 0 aliphatic heterocycles. The van der Waals surface area contributed by atoms with Crippen molar-refractivity contribution in [3.8, 4) is 0 Å². The maximum absolute atomic E-state index is 11.9. The van der Waals surface area contributed by atoms with E-state index in [2.05, 4.69) is 0 Å². The first-order valence-electron chi connectivity index (χ1n) is 5.55. The van der Waals surface area contributed by atoms with E-state index in [-0.39, 0.29) is 11.6 Å². The Kier molecular flexibility index (Phi) is 2.73. The highest BCUT2D eigenvalue weighted by molar-refractivity contribution is 6.52. The van der Waals surface area contributed by atoms with Gasteiger partial charge in [-0.1, -0.05) is 37.6 Å². The second kappa shape index (κ2) is 4.05. The van der Waals surface area contributed by atoms with Gasteiger partial charge in [0.05, 0.1) is 0 Å². The van der Waals surface area contributed by atoms with Crippen LogP contribution in [0.2, 0.25) is 0 Å². The minimum Gasteiger partial charge on any atom is -0.285 e. The molecule has 0 radical (unpaired) electrons. The van der Waals surface area contributed by atoms with Crippen molar-refractivity contribution in [2.24, 2.45) is 0 Å². The van der Waals surface area contributed by atoms with E-state index in [1.54, 1.807) is 12.1 Å². The van der Waals surface area contributed by atoms with E-state index in [1.807, 2.05) is 26.0 Å². The number of Topliss-reactive ketones (excluding diaryl/α,β-unsaturated/α-hetero) is 2. The van der Waals surface area contributed by atoms with E-state index in [1.165, 1.54) is 0 Å². The average molecular weight is 214 g/mol. The van der Waals surface area contributed by atoms with Crippen LogP contribution < -0.4 is 0 Å². The highest BCUT2D eigenvalue weighted by Gasteiger charge is 2.29. The minimum absolute atomic E-state index is 0.321. The van der Waals surface area contributed by atoms with Gasteiger partial charge in [-0.25, -0.2) is 0 Å². The van der Waals surface area contributed by atoms with Gasteiger partial charge in [-0.15, -0.1) is 0 Å². The number of rotatable bonds is 2. The van der Waals surface area contributed by atoms with Crippen LogP contribution in [0.1, 0.15) is 42.6 Å². The first-order valence-corrected chi connectivity index (χ1v) is 5.55. The molecule has 0 N–H and O–H groups in total. The van der Waals surface area contributed by atoms with Crippen LogP contribution in [0.4, 0.5) is 0 Å². The molecule has 1 aliphatic carbocycles. The topological polar surface area (TPSA) is 34.1 Å². The lowest BCUT2D eigenvalue weighted by Crippen LogP contribution is -2.23. The lowest BCUT2D eigenvalue weighted by Gasteiger charge is -2.18. The summed E-state index contributed by atoms with van der Waals surface area (Å²) >= 11 is 0. The Morgan fingerprint density at radius 2 is 1.62 bits per heavy atom. The van der Waals surface area contributed by atoms with Crippen LogP contribution in [0.3, 0.4) is 0 Å². The Balaban J connectivity index is 2.64. The van der Waals surface area contributed by atoms with Crippen LogP contribution in [-0.4, -0.2) is 11.6 Å². The van der Waals surface area contributed by atoms with E-state index in [0.29, 0.717) is 17.6 Å². The Labute approximate surface area is 95.0 Å². The lowest BCUT2D eigenvalue weighted by atomic mass is 9.83. The van der Waals surface area contributed by atoms with E-state index < -0.39 is 0 Å². The minimum atomic E-state index is -0.357. The largest absolute Gasteiger partial charge is 0.285 e. The summed E-state index contributed by atoms with van der Waals surface area (Å²) in [6, 6.07) is 7.32. The Morgan fingerprint density at radius 1 is 1.00 bits per heavy atom. The summed E-state index contributed by atoms with van der Waals surface area (Å²) in [5, 5.41) is 0. The van der Waals surface area contributed by atoms with Gasteiger partial charge in [0.25, 0.3) is 0 Å². The van der Waals surface area contributed by atoms with Crippen molar-refractivity contribution in [2.75, 3.05) is 0 Å². The van der Waals surface area contributed by atoms with Gasteiger partial charge in [0, 0.05) is 11.1 Å². The molecular formula is C14H14O2. The Hall–Kier alpha value is -1.70. The summed E-state index contributed by atoms with van der Waals surface area (Å²) in [5.74, 6) is -0.678. The van der Waals surface area contributed by atoms with Crippen molar-refractivity contribution in [3.63, 3.8) is 0 Å². The summed E-state index contributed by atoms with van der Waals surface area (Å²) in [6.45, 7) is 3.94. The quantitative estimate of drug-likeness (QED) is 0.709. The molecule has 0 unspecified atom stereocenters. The van der Waals surface area contributed by atoms with E-state index >= 15 is 0 Å². The number of allylic oxidation sites excluding steroid dienone is 2. The van der Waals surface area contributed by atoms with Crippen molar-refractivity contribution >= 4 is 17.1 Å². The molecule has 2 nitrogen and oxygen atoms in total. The molecular weight excluding hydrogens is 200 g/mol. The second-order valence-corrected chi connectivity index (χ2v) is 4.06. The Morgan fingerprint density at radius 3 is 2.25 bits per heavy atom. The third-order valence-corrected chi connectivity index (χ3v) is 3.01. The second-order valence-electron chi connectivity index (χ2n) is 4.06. The maximum Gasteiger partial charge on any atom is 0.233 e. The fourth-order valence-electron chi connectivity index (χ4n) is 2.15. The van der Waals surface area contributed by atoms with Gasteiger partial charge in [0.15, 0.2) is 0 Å². The number of hydrogen-bond acceptors (Lipinski definition) is 2. The maximum atomic E-state index is 11.9. The predicted octanol–water partition coefficient (Wildman–Crippen LogP) is 3.03. The highest BCUT2D eigenvalue weighted by Crippen LogP contribution is 2.30. The van der Waals surface area contributed by atoms with Crippen molar-refractivity contribution in [1.29, 1.82) is 0 Å². The average Bonchev–Trinajstić information content (AvgIpc) is 2.32. The van der Waals surface area contributed by atoms with Gasteiger partial charge in [-0.05, 0) is 24.5 Å². The van der Waals surface area contributed by atoms with Crippen LogP contribution in [0, 0.1) is 0 Å². The third-order valence-electron chi connectivity index (χ3n) is 3.01. The zero-order valence-corrected chi connectivity index (χ0v) is 9.54. The van der Waals surface area contributed by atoms with E-state index in [0.717, 1.165) is 17.6 Å². The van der Waals surface area contributed by atoms with Gasteiger partial charge in [0.2, 0.25) is 11.6 Å². The molecule has 2 rings (SSSR count). The number of ketones is 2. The Bertz CT molecular complexity index is 495. The molecule has 0 atom stereocenters. The molecule has 1 aromatic rings. The predicted molar refractivity (Wildman–Crippen MR) is 63.3 cm³/mol. The van der Waals surface area contributed by atoms with Crippen LogP contribution in [0.15, 0.2) is 29.8 Å². The normalized spacial score (nSPS) is 15.4. The van der Waals surface area contributed by atoms with Crippen LogP contribution in [0.25, 0.3) is 5.57 Å². The third kappa shape index (κ3) is 1.51. The monoisotopic (exact) mass is 214 g/mol. The molecule has 0 bridgehead atoms. The fraction of sp³-hybridized carbons (Fsp3) is 0.286. The summed E-state index contributed by atoms with van der Waals surface area (Å²) in [4.78, 5) is 23.7. The molecule has 82 valence electrons. The molecule has 16 heavy (non-hydrogen) atoms. The van der Waals surface area contributed by atoms with E-state index in [4.69, 9.17) is 0 Å². The zero-order valence-electron chi connectivity index (χ0n) is 9.54. The number of carbonyl (C=O) groups excluding carboxylic acids is 2. The number of benzene rings is 1. The SMILES string of the molecule is CCCC1=C(C)c2ccccc2C(=O)C1=O. The smallest absolute Gasteiger partial charge is 0.233 e. The number of carbonyl (C=O) groups is 2. The van der Waals surface area contributed by atoms with Crippen molar-refractivity contribution < 1.29 is 9.59 Å². The molecule has 0 aromatic heterocycles. The van der Waals surface area contributed by atoms with Gasteiger partial charge < -0.3 is 0 Å². The number of hydrogen-bond donors (Lipinski definition) is 0. The van der Waals surface area contributed by atoms with Crippen molar-refractivity contribution in [3.05, 3.63) is 41.0 Å². The van der Waals surface area contributed by atoms with Gasteiger partial charge >= 0.3 is 0 Å². The molecule has 2 heteroatoms. The van der Waals surface area contributed by atoms with Gasteiger partial charge in [0.1, 0.15) is 0 Å². The highest BCUT2D eigenvalue weighted by atomic mass is 16.2. The molecule has 0 heterocycles. The molecule has 1 aliphatic rings. The summed E-state index contributed by atoms with van der Waals surface area (Å²) in [7, 11) is 0.